The summed E-state index contributed by atoms with van der Waals surface area (Å²) in [5, 5.41) is 21.7. The molecule has 42 heavy (non-hydrogen) atoms. The van der Waals surface area contributed by atoms with Crippen LogP contribution in [0.25, 0.3) is 0 Å². The van der Waals surface area contributed by atoms with Gasteiger partial charge >= 0.3 is 0 Å². The Morgan fingerprint density at radius 2 is 1.57 bits per heavy atom. The Morgan fingerprint density at radius 3 is 2.40 bits per heavy atom. The van der Waals surface area contributed by atoms with Crippen molar-refractivity contribution in [2.75, 3.05) is 0 Å². The van der Waals surface area contributed by atoms with Crippen LogP contribution in [0.4, 0.5) is 0 Å². The van der Waals surface area contributed by atoms with Gasteiger partial charge in [0.1, 0.15) is 23.1 Å². The summed E-state index contributed by atoms with van der Waals surface area (Å²) in [6.07, 6.45) is 15.9. The fraction of sp³-hybridized carbons (Fsp3) is 0.541. The van der Waals surface area contributed by atoms with Gasteiger partial charge in [-0.05, 0) is 122 Å². The van der Waals surface area contributed by atoms with Crippen LogP contribution in [-0.2, 0) is 16.0 Å². The Hall–Kier alpha value is -3.21. The third-order valence-electron chi connectivity index (χ3n) is 13.1. The monoisotopic (exact) mass is 564 g/mol. The van der Waals surface area contributed by atoms with E-state index in [0.29, 0.717) is 47.4 Å². The molecule has 0 aliphatic heterocycles. The maximum atomic E-state index is 14.8. The van der Waals surface area contributed by atoms with Crippen molar-refractivity contribution < 1.29 is 24.6 Å². The number of carbonyl (C=O) groups is 3. The molecule has 4 fully saturated rings. The van der Waals surface area contributed by atoms with Crippen LogP contribution in [0.3, 0.4) is 0 Å². The molecule has 5 nitrogen and oxygen atoms in total. The van der Waals surface area contributed by atoms with Gasteiger partial charge in [0, 0.05) is 40.7 Å². The molecular formula is C37H40O5. The quantitative estimate of drug-likeness (QED) is 0.369. The normalized spacial score (nSPS) is 39.9. The number of aryl methyl sites for hydroxylation is 1. The number of aliphatic hydroxyl groups excluding tert-OH is 1. The van der Waals surface area contributed by atoms with Crippen molar-refractivity contribution in [3.8, 4) is 5.75 Å². The number of rotatable bonds is 2. The molecule has 8 atom stereocenters. The Morgan fingerprint density at radius 1 is 0.833 bits per heavy atom. The Balaban J connectivity index is 1.20. The number of allylic oxidation sites excluding steroid dienone is 7. The molecule has 0 amide bonds. The van der Waals surface area contributed by atoms with Crippen molar-refractivity contribution in [1.29, 1.82) is 0 Å². The second kappa shape index (κ2) is 8.90. The molecule has 218 valence electrons. The highest BCUT2D eigenvalue weighted by molar-refractivity contribution is 6.11. The van der Waals surface area contributed by atoms with E-state index in [1.54, 1.807) is 18.2 Å². The summed E-state index contributed by atoms with van der Waals surface area (Å²) in [6, 6.07) is 3.50. The van der Waals surface area contributed by atoms with E-state index in [4.69, 9.17) is 0 Å². The van der Waals surface area contributed by atoms with Crippen LogP contribution in [0.1, 0.15) is 99.0 Å². The van der Waals surface area contributed by atoms with Crippen LogP contribution in [0.15, 0.2) is 58.9 Å². The third kappa shape index (κ3) is 3.45. The van der Waals surface area contributed by atoms with Gasteiger partial charge in [-0.15, -0.1) is 0 Å². The Labute approximate surface area is 247 Å². The van der Waals surface area contributed by atoms with Crippen molar-refractivity contribution in [3.63, 3.8) is 0 Å². The molecular weight excluding hydrogens is 524 g/mol. The number of phenols is 1. The molecule has 0 bridgehead atoms. The van der Waals surface area contributed by atoms with Crippen molar-refractivity contribution in [2.45, 2.75) is 84.0 Å². The summed E-state index contributed by atoms with van der Waals surface area (Å²) >= 11 is 0. The molecule has 4 saturated carbocycles. The number of ketones is 3. The lowest BCUT2D eigenvalue weighted by molar-refractivity contribution is -0.129. The van der Waals surface area contributed by atoms with Gasteiger partial charge in [0.2, 0.25) is 0 Å². The standard InChI is InChI=1S/C37H40O5/c1-36-13-11-25-23(29(36)7-9-31(36)40)5-3-19-15-21(38)17-27(33(19)25)35(42)28-18-22(39)16-20-4-6-24-26(34(20)28)12-14-37(2)30(24)8-10-32(37)41/h3,5,15-18,24-26,29-30,33,38-39H,4,6-14H2,1-2H3/t24-,25+,26+,29+,30+,33+,36+,37+/m1/s1. The summed E-state index contributed by atoms with van der Waals surface area (Å²) in [4.78, 5) is 40.6. The molecule has 0 aromatic heterocycles. The van der Waals surface area contributed by atoms with E-state index in [1.807, 2.05) is 6.07 Å². The molecule has 0 saturated heterocycles. The van der Waals surface area contributed by atoms with Gasteiger partial charge in [-0.2, -0.15) is 0 Å². The van der Waals surface area contributed by atoms with Gasteiger partial charge in [0.05, 0.1) is 0 Å². The van der Waals surface area contributed by atoms with E-state index in [-0.39, 0.29) is 51.8 Å². The summed E-state index contributed by atoms with van der Waals surface area (Å²) in [5.74, 6) is 1.92. The topological polar surface area (TPSA) is 91.7 Å². The number of carbonyl (C=O) groups excluding carboxylic acids is 3. The number of phenolic OH excluding ortho intramolecular Hbond substituents is 1. The van der Waals surface area contributed by atoms with Gasteiger partial charge in [-0.25, -0.2) is 0 Å². The number of Topliss-reactive ketones (excluding diaryl/α,β-unsaturated/α-hetero) is 3. The predicted octanol–water partition coefficient (Wildman–Crippen LogP) is 7.26. The number of aromatic hydroxyl groups is 1. The van der Waals surface area contributed by atoms with Crippen LogP contribution in [-0.4, -0.2) is 27.6 Å². The molecule has 0 radical (unpaired) electrons. The lowest BCUT2D eigenvalue weighted by Crippen LogP contribution is -2.43. The van der Waals surface area contributed by atoms with E-state index in [2.05, 4.69) is 26.0 Å². The number of hydrogen-bond donors (Lipinski definition) is 2. The fourth-order valence-electron chi connectivity index (χ4n) is 11.0. The molecule has 1 aromatic rings. The third-order valence-corrected chi connectivity index (χ3v) is 13.1. The molecule has 0 heterocycles. The zero-order chi connectivity index (χ0) is 29.1. The van der Waals surface area contributed by atoms with Crippen molar-refractivity contribution >= 4 is 17.3 Å². The van der Waals surface area contributed by atoms with Gasteiger partial charge in [0.25, 0.3) is 0 Å². The first-order chi connectivity index (χ1) is 20.1. The first-order valence-corrected chi connectivity index (χ1v) is 16.1. The second-order valence-corrected chi connectivity index (χ2v) is 14.8. The van der Waals surface area contributed by atoms with Crippen LogP contribution < -0.4 is 0 Å². The summed E-state index contributed by atoms with van der Waals surface area (Å²) in [6.45, 7) is 4.29. The maximum Gasteiger partial charge on any atom is 0.190 e. The van der Waals surface area contributed by atoms with Gasteiger partial charge < -0.3 is 10.2 Å². The van der Waals surface area contributed by atoms with Crippen molar-refractivity contribution in [3.05, 3.63) is 75.6 Å². The number of hydrogen-bond acceptors (Lipinski definition) is 5. The molecule has 0 spiro atoms. The van der Waals surface area contributed by atoms with Gasteiger partial charge in [-0.1, -0.05) is 31.6 Å². The number of benzene rings is 1. The van der Waals surface area contributed by atoms with Gasteiger partial charge in [-0.3, -0.25) is 14.4 Å². The summed E-state index contributed by atoms with van der Waals surface area (Å²) in [7, 11) is 0. The van der Waals surface area contributed by atoms with Crippen molar-refractivity contribution in [2.24, 2.45) is 40.4 Å². The lowest BCUT2D eigenvalue weighted by Gasteiger charge is -2.49. The first kappa shape index (κ1) is 26.4. The van der Waals surface area contributed by atoms with Crippen LogP contribution in [0.2, 0.25) is 0 Å². The molecule has 2 N–H and O–H groups in total. The summed E-state index contributed by atoms with van der Waals surface area (Å²) < 4.78 is 0. The molecule has 1 aromatic carbocycles. The predicted molar refractivity (Wildman–Crippen MR) is 159 cm³/mol. The molecule has 7 aliphatic rings. The highest BCUT2D eigenvalue weighted by Gasteiger charge is 2.56. The number of fused-ring (bicyclic) bond motifs is 10. The average Bonchev–Trinajstić information content (AvgIpc) is 3.45. The Bertz CT molecular complexity index is 1590. The van der Waals surface area contributed by atoms with Crippen LogP contribution >= 0.6 is 0 Å². The second-order valence-electron chi connectivity index (χ2n) is 14.8. The number of aliphatic hydroxyl groups is 1. The molecule has 0 unspecified atom stereocenters. The first-order valence-electron chi connectivity index (χ1n) is 16.1. The van der Waals surface area contributed by atoms with Gasteiger partial charge in [0.15, 0.2) is 5.78 Å². The van der Waals surface area contributed by atoms with Crippen LogP contribution in [0.5, 0.6) is 5.75 Å². The highest BCUT2D eigenvalue weighted by Crippen LogP contribution is 2.61. The minimum Gasteiger partial charge on any atom is -0.508 e. The van der Waals surface area contributed by atoms with Crippen molar-refractivity contribution in [1.82, 2.24) is 0 Å². The van der Waals surface area contributed by atoms with E-state index < -0.39 is 0 Å². The molecule has 7 aliphatic carbocycles. The molecule has 5 heteroatoms. The SMILES string of the molecule is C[C@]12CC[C@H]3C(=CC=C4C=C(O)C=C(C(=O)c5cc(O)cc6c5[C@H]5CC[C@]7(C)C(=O)CC[C@H]7[C@@H]5CC6)[C@@H]43)[C@@H]1CCC2=O. The Kier molecular flexibility index (Phi) is 5.60. The van der Waals surface area contributed by atoms with E-state index in [9.17, 15) is 24.6 Å². The van der Waals surface area contributed by atoms with E-state index in [1.165, 1.54) is 5.57 Å². The van der Waals surface area contributed by atoms with E-state index in [0.717, 1.165) is 68.1 Å². The summed E-state index contributed by atoms with van der Waals surface area (Å²) in [5.41, 5.74) is 4.96. The zero-order valence-corrected chi connectivity index (χ0v) is 24.6. The van der Waals surface area contributed by atoms with Crippen LogP contribution in [0, 0.1) is 40.4 Å². The fourth-order valence-corrected chi connectivity index (χ4v) is 11.0. The van der Waals surface area contributed by atoms with E-state index >= 15 is 0 Å². The lowest BCUT2D eigenvalue weighted by atomic mass is 9.54. The smallest absolute Gasteiger partial charge is 0.190 e. The highest BCUT2D eigenvalue weighted by atomic mass is 16.3. The minimum absolute atomic E-state index is 0.0826. The average molecular weight is 565 g/mol. The largest absolute Gasteiger partial charge is 0.508 e. The minimum atomic E-state index is -0.315. The maximum absolute atomic E-state index is 14.8. The molecule has 8 rings (SSSR count). The zero-order valence-electron chi connectivity index (χ0n) is 24.6.